The smallest absolute Gasteiger partial charge is 0.310 e. The van der Waals surface area contributed by atoms with E-state index in [-0.39, 0.29) is 23.4 Å². The van der Waals surface area contributed by atoms with E-state index in [9.17, 15) is 20.0 Å². The third kappa shape index (κ3) is 3.05. The van der Waals surface area contributed by atoms with Gasteiger partial charge in [-0.2, -0.15) is 0 Å². The maximum atomic E-state index is 12.0. The van der Waals surface area contributed by atoms with Crippen molar-refractivity contribution >= 4 is 11.6 Å². The third-order valence-electron chi connectivity index (χ3n) is 3.47. The number of benzene rings is 1. The van der Waals surface area contributed by atoms with Gasteiger partial charge in [-0.25, -0.2) is 0 Å². The first-order chi connectivity index (χ1) is 9.49. The summed E-state index contributed by atoms with van der Waals surface area (Å²) in [5.74, 6) is -0.611. The van der Waals surface area contributed by atoms with Gasteiger partial charge in [0.25, 0.3) is 5.91 Å². The molecule has 7 heteroatoms. The number of aromatic hydroxyl groups is 1. The summed E-state index contributed by atoms with van der Waals surface area (Å²) in [7, 11) is 0. The van der Waals surface area contributed by atoms with Crippen LogP contribution in [-0.2, 0) is 4.74 Å². The average Bonchev–Trinajstić information content (AvgIpc) is 2.91. The highest BCUT2D eigenvalue weighted by atomic mass is 16.6. The van der Waals surface area contributed by atoms with Gasteiger partial charge >= 0.3 is 5.69 Å². The van der Waals surface area contributed by atoms with E-state index in [0.29, 0.717) is 13.2 Å². The lowest BCUT2D eigenvalue weighted by Crippen LogP contribution is -2.38. The Labute approximate surface area is 115 Å². The molecule has 0 aromatic heterocycles. The highest BCUT2D eigenvalue weighted by Crippen LogP contribution is 2.26. The number of hydrogen-bond acceptors (Lipinski definition) is 5. The number of nitrogens with one attached hydrogen (secondary N) is 1. The van der Waals surface area contributed by atoms with Gasteiger partial charge in [0.15, 0.2) is 5.75 Å². The lowest BCUT2D eigenvalue weighted by molar-refractivity contribution is -0.385. The van der Waals surface area contributed by atoms with E-state index >= 15 is 0 Å². The molecule has 1 aliphatic rings. The number of carbonyl (C=O) groups excluding carboxylic acids is 1. The molecule has 1 saturated heterocycles. The van der Waals surface area contributed by atoms with E-state index in [0.717, 1.165) is 18.6 Å². The van der Waals surface area contributed by atoms with Crippen molar-refractivity contribution in [3.63, 3.8) is 0 Å². The minimum Gasteiger partial charge on any atom is -0.502 e. The topological polar surface area (TPSA) is 102 Å². The maximum Gasteiger partial charge on any atom is 0.310 e. The minimum atomic E-state index is -0.699. The molecule has 0 aliphatic carbocycles. The Balaban J connectivity index is 2.05. The molecule has 2 N–H and O–H groups in total. The molecule has 1 fully saturated rings. The molecule has 2 atom stereocenters. The number of ether oxygens (including phenoxy) is 1. The minimum absolute atomic E-state index is 0.0534. The number of phenols is 1. The lowest BCUT2D eigenvalue weighted by Gasteiger charge is -2.19. The molecule has 2 rings (SSSR count). The number of nitro benzene ring substituents is 1. The number of nitro groups is 1. The van der Waals surface area contributed by atoms with Gasteiger partial charge in [0.05, 0.1) is 11.5 Å². The zero-order chi connectivity index (χ0) is 14.7. The molecule has 20 heavy (non-hydrogen) atoms. The fourth-order valence-electron chi connectivity index (χ4n) is 2.17. The summed E-state index contributed by atoms with van der Waals surface area (Å²) in [6.07, 6.45) is 0.896. The van der Waals surface area contributed by atoms with Gasteiger partial charge in [-0.3, -0.25) is 14.9 Å². The molecular weight excluding hydrogens is 264 g/mol. The molecule has 0 saturated carbocycles. The predicted molar refractivity (Wildman–Crippen MR) is 70.6 cm³/mol. The van der Waals surface area contributed by atoms with E-state index in [4.69, 9.17) is 4.74 Å². The van der Waals surface area contributed by atoms with E-state index in [1.54, 1.807) is 0 Å². The van der Waals surface area contributed by atoms with Crippen LogP contribution in [0.15, 0.2) is 18.2 Å². The second-order valence-corrected chi connectivity index (χ2v) is 4.85. The second-order valence-electron chi connectivity index (χ2n) is 4.85. The van der Waals surface area contributed by atoms with Crippen molar-refractivity contribution in [2.24, 2.45) is 5.92 Å². The van der Waals surface area contributed by atoms with Gasteiger partial charge in [-0.1, -0.05) is 0 Å². The third-order valence-corrected chi connectivity index (χ3v) is 3.47. The summed E-state index contributed by atoms with van der Waals surface area (Å²) in [6, 6.07) is 3.49. The molecular formula is C13H16N2O5. The van der Waals surface area contributed by atoms with Crippen LogP contribution in [0.3, 0.4) is 0 Å². The second kappa shape index (κ2) is 5.87. The molecule has 1 aliphatic heterocycles. The quantitative estimate of drug-likeness (QED) is 0.642. The Kier molecular flexibility index (Phi) is 4.19. The van der Waals surface area contributed by atoms with Crippen molar-refractivity contribution in [3.8, 4) is 5.75 Å². The van der Waals surface area contributed by atoms with Crippen molar-refractivity contribution in [2.75, 3.05) is 13.2 Å². The summed E-state index contributed by atoms with van der Waals surface area (Å²) in [5.41, 5.74) is -0.224. The number of nitrogens with zero attached hydrogens (tertiary/aromatic N) is 1. The molecule has 7 nitrogen and oxygen atoms in total. The molecule has 1 aromatic carbocycles. The number of carbonyl (C=O) groups is 1. The first kappa shape index (κ1) is 14.3. The Bertz CT molecular complexity index is 525. The molecule has 0 radical (unpaired) electrons. The van der Waals surface area contributed by atoms with Crippen LogP contribution < -0.4 is 5.32 Å². The number of hydrogen-bond donors (Lipinski definition) is 2. The summed E-state index contributed by atoms with van der Waals surface area (Å²) >= 11 is 0. The highest BCUT2D eigenvalue weighted by molar-refractivity contribution is 5.95. The maximum absolute atomic E-state index is 12.0. The summed E-state index contributed by atoms with van der Waals surface area (Å²) in [5, 5.41) is 22.9. The molecule has 1 amide bonds. The monoisotopic (exact) mass is 280 g/mol. The van der Waals surface area contributed by atoms with E-state index in [2.05, 4.69) is 5.32 Å². The van der Waals surface area contributed by atoms with Crippen LogP contribution in [0.4, 0.5) is 5.69 Å². The van der Waals surface area contributed by atoms with Gasteiger partial charge < -0.3 is 15.2 Å². The molecule has 1 heterocycles. The van der Waals surface area contributed by atoms with Crippen LogP contribution >= 0.6 is 0 Å². The molecule has 0 spiro atoms. The largest absolute Gasteiger partial charge is 0.502 e. The van der Waals surface area contributed by atoms with Crippen LogP contribution in [0.25, 0.3) is 0 Å². The van der Waals surface area contributed by atoms with Crippen molar-refractivity contribution in [1.82, 2.24) is 5.32 Å². The fraction of sp³-hybridized carbons (Fsp3) is 0.462. The first-order valence-electron chi connectivity index (χ1n) is 6.35. The zero-order valence-corrected chi connectivity index (χ0v) is 11.0. The van der Waals surface area contributed by atoms with Gasteiger partial charge in [-0.05, 0) is 25.5 Å². The fourth-order valence-corrected chi connectivity index (χ4v) is 2.17. The van der Waals surface area contributed by atoms with E-state index in [1.807, 2.05) is 6.92 Å². The van der Waals surface area contributed by atoms with Crippen LogP contribution in [0.1, 0.15) is 23.7 Å². The van der Waals surface area contributed by atoms with Crippen molar-refractivity contribution < 1.29 is 19.6 Å². The first-order valence-corrected chi connectivity index (χ1v) is 6.35. The number of rotatable bonds is 4. The van der Waals surface area contributed by atoms with Crippen molar-refractivity contribution in [2.45, 2.75) is 19.4 Å². The standard InChI is InChI=1S/C13H16N2O5/c1-8(10-4-5-20-7-10)14-13(17)9-2-3-11(15(18)19)12(16)6-9/h2-3,6,8,10,16H,4-5,7H2,1H3,(H,14,17)/t8-,10-/m0/s1. The Hall–Kier alpha value is -2.15. The molecule has 0 bridgehead atoms. The van der Waals surface area contributed by atoms with E-state index < -0.39 is 16.4 Å². The Morgan fingerprint density at radius 1 is 1.60 bits per heavy atom. The van der Waals surface area contributed by atoms with Crippen LogP contribution in [0.5, 0.6) is 5.75 Å². The highest BCUT2D eigenvalue weighted by Gasteiger charge is 2.24. The van der Waals surface area contributed by atoms with E-state index in [1.165, 1.54) is 6.07 Å². The Morgan fingerprint density at radius 3 is 2.90 bits per heavy atom. The van der Waals surface area contributed by atoms with Crippen LogP contribution in [0, 0.1) is 16.0 Å². The van der Waals surface area contributed by atoms with Gasteiger partial charge in [0.1, 0.15) is 0 Å². The summed E-state index contributed by atoms with van der Waals surface area (Å²) < 4.78 is 5.26. The van der Waals surface area contributed by atoms with Crippen LogP contribution in [-0.4, -0.2) is 35.2 Å². The summed E-state index contributed by atoms with van der Waals surface area (Å²) in [6.45, 7) is 3.21. The predicted octanol–water partition coefficient (Wildman–Crippen LogP) is 1.46. The van der Waals surface area contributed by atoms with Crippen molar-refractivity contribution in [1.29, 1.82) is 0 Å². The normalized spacial score (nSPS) is 19.6. The zero-order valence-electron chi connectivity index (χ0n) is 11.0. The molecule has 108 valence electrons. The van der Waals surface area contributed by atoms with Crippen LogP contribution in [0.2, 0.25) is 0 Å². The average molecular weight is 280 g/mol. The lowest BCUT2D eigenvalue weighted by atomic mass is 10.0. The number of amides is 1. The van der Waals surface area contributed by atoms with Gasteiger partial charge in [0.2, 0.25) is 0 Å². The SMILES string of the molecule is C[C@H](NC(=O)c1ccc([N+](=O)[O-])c(O)c1)[C@H]1CCOC1. The Morgan fingerprint density at radius 2 is 2.35 bits per heavy atom. The number of phenolic OH excluding ortho intramolecular Hbond substituents is 1. The van der Waals surface area contributed by atoms with Crippen molar-refractivity contribution in [3.05, 3.63) is 33.9 Å². The summed E-state index contributed by atoms with van der Waals surface area (Å²) in [4.78, 5) is 21.9. The van der Waals surface area contributed by atoms with Gasteiger partial charge in [-0.15, -0.1) is 0 Å². The van der Waals surface area contributed by atoms with Gasteiger partial charge in [0, 0.05) is 30.2 Å². The molecule has 1 aromatic rings. The molecule has 0 unspecified atom stereocenters.